The minimum atomic E-state index is -1.71. The molecule has 200 valence electrons. The average molecular weight is 522 g/mol. The van der Waals surface area contributed by atoms with Gasteiger partial charge in [-0.3, -0.25) is 14.4 Å². The van der Waals surface area contributed by atoms with Gasteiger partial charge in [0, 0.05) is 30.1 Å². The fourth-order valence-electron chi connectivity index (χ4n) is 6.17. The lowest BCUT2D eigenvalue weighted by Crippen LogP contribution is -2.53. The van der Waals surface area contributed by atoms with E-state index in [2.05, 4.69) is 19.2 Å². The first kappa shape index (κ1) is 28.6. The van der Waals surface area contributed by atoms with Crippen LogP contribution in [0, 0.1) is 29.1 Å². The maximum atomic E-state index is 14.3. The van der Waals surface area contributed by atoms with Crippen LogP contribution in [0.2, 0.25) is 0 Å². The minimum absolute atomic E-state index is 0.0343. The number of carboxylic acids is 1. The number of hydrogen-bond acceptors (Lipinski definition) is 7. The van der Waals surface area contributed by atoms with Gasteiger partial charge in [0.25, 0.3) is 0 Å². The highest BCUT2D eigenvalue weighted by molar-refractivity contribution is 8.00. The van der Waals surface area contributed by atoms with E-state index in [1.165, 1.54) is 0 Å². The van der Waals surface area contributed by atoms with Crippen molar-refractivity contribution in [3.63, 3.8) is 0 Å². The fraction of sp³-hybridized carbons (Fsp3) is 0.704. The van der Waals surface area contributed by atoms with Crippen molar-refractivity contribution < 1.29 is 34.5 Å². The molecule has 1 spiro atoms. The lowest BCUT2D eigenvalue weighted by molar-refractivity contribution is -0.146. The lowest BCUT2D eigenvalue weighted by atomic mass is 9.54. The van der Waals surface area contributed by atoms with Crippen molar-refractivity contribution in [1.82, 2.24) is 5.32 Å². The monoisotopic (exact) mass is 521 g/mol. The van der Waals surface area contributed by atoms with Gasteiger partial charge in [-0.15, -0.1) is 11.8 Å². The Morgan fingerprint density at radius 1 is 1.22 bits per heavy atom. The van der Waals surface area contributed by atoms with E-state index in [0.717, 1.165) is 29.3 Å². The molecule has 1 fully saturated rings. The number of nitrogens with one attached hydrogen (secondary N) is 1. The summed E-state index contributed by atoms with van der Waals surface area (Å²) in [6.07, 6.45) is 1.93. The third-order valence-corrected chi connectivity index (χ3v) is 9.41. The molecule has 0 aromatic heterocycles. The molecule has 9 heteroatoms. The summed E-state index contributed by atoms with van der Waals surface area (Å²) in [6.45, 7) is 10.1. The number of carbonyl (C=O) groups excluding carboxylic acids is 3. The molecule has 4 N–H and O–H groups in total. The first-order valence-electron chi connectivity index (χ1n) is 12.7. The van der Waals surface area contributed by atoms with Crippen molar-refractivity contribution >= 4 is 35.2 Å². The number of carboxylic acid groups (broad SMARTS) is 1. The quantitative estimate of drug-likeness (QED) is 0.309. The number of aliphatic hydroxyl groups is 2. The highest BCUT2D eigenvalue weighted by Gasteiger charge is 2.65. The number of hydrogen-bond donors (Lipinski definition) is 4. The number of carbonyl (C=O) groups is 4. The molecule has 2 aliphatic carbocycles. The average Bonchev–Trinajstić information content (AvgIpc) is 3.08. The third-order valence-electron chi connectivity index (χ3n) is 8.10. The van der Waals surface area contributed by atoms with E-state index in [4.69, 9.17) is 5.11 Å². The Hall–Kier alpha value is -1.97. The maximum absolute atomic E-state index is 14.3. The topological polar surface area (TPSA) is 141 Å². The van der Waals surface area contributed by atoms with E-state index in [9.17, 15) is 29.4 Å². The Kier molecular flexibility index (Phi) is 8.89. The Labute approximate surface area is 217 Å². The van der Waals surface area contributed by atoms with E-state index in [-0.39, 0.29) is 48.2 Å². The third kappa shape index (κ3) is 5.34. The number of aliphatic carboxylic acids is 1. The van der Waals surface area contributed by atoms with Crippen molar-refractivity contribution in [2.75, 3.05) is 5.75 Å². The van der Waals surface area contributed by atoms with Crippen LogP contribution in [0.1, 0.15) is 60.3 Å². The van der Waals surface area contributed by atoms with Crippen molar-refractivity contribution in [3.05, 3.63) is 23.3 Å². The Morgan fingerprint density at radius 3 is 2.50 bits per heavy atom. The summed E-state index contributed by atoms with van der Waals surface area (Å²) in [6, 6.07) is -0.192. The Morgan fingerprint density at radius 2 is 1.89 bits per heavy atom. The van der Waals surface area contributed by atoms with Gasteiger partial charge in [0.05, 0.1) is 5.25 Å². The van der Waals surface area contributed by atoms with Crippen LogP contribution in [0.25, 0.3) is 0 Å². The van der Waals surface area contributed by atoms with Crippen LogP contribution >= 0.6 is 11.8 Å². The highest BCUT2D eigenvalue weighted by Crippen LogP contribution is 2.55. The fourth-order valence-corrected chi connectivity index (χ4v) is 7.32. The summed E-state index contributed by atoms with van der Waals surface area (Å²) in [7, 11) is 0. The van der Waals surface area contributed by atoms with Gasteiger partial charge in [0.2, 0.25) is 5.91 Å². The van der Waals surface area contributed by atoms with Gasteiger partial charge in [-0.05, 0) is 44.9 Å². The van der Waals surface area contributed by atoms with E-state index in [1.54, 1.807) is 0 Å². The van der Waals surface area contributed by atoms with Gasteiger partial charge in [0.1, 0.15) is 11.5 Å². The standard InChI is InChI=1S/C27H39NO7S/c1-13(2)8-18-23-16(5)15(4)10-17-9-14(3)6-7-19(29)24(32)21(36-12-20(30)25(33)34)11-22(31)27(17,23)26(35)28-18/h9-10,13,16-21,23,29-30H,6-8,11-12H2,1-5H3,(H,28,35)(H,33,34). The zero-order chi connectivity index (χ0) is 26.9. The smallest absolute Gasteiger partial charge is 0.333 e. The van der Waals surface area contributed by atoms with E-state index < -0.39 is 40.5 Å². The number of thioether (sulfide) groups is 1. The van der Waals surface area contributed by atoms with E-state index in [0.29, 0.717) is 12.3 Å². The molecule has 1 saturated heterocycles. The zero-order valence-electron chi connectivity index (χ0n) is 21.7. The predicted octanol–water partition coefficient (Wildman–Crippen LogP) is 2.52. The van der Waals surface area contributed by atoms with Crippen molar-refractivity contribution in [1.29, 1.82) is 0 Å². The van der Waals surface area contributed by atoms with Crippen LogP contribution in [0.3, 0.4) is 0 Å². The predicted molar refractivity (Wildman–Crippen MR) is 137 cm³/mol. The van der Waals surface area contributed by atoms with Crippen LogP contribution in [0.5, 0.6) is 0 Å². The molecule has 1 amide bonds. The second-order valence-corrected chi connectivity index (χ2v) is 12.3. The molecule has 8 atom stereocenters. The molecule has 36 heavy (non-hydrogen) atoms. The molecule has 0 aromatic rings. The number of allylic oxidation sites excluding steroid dienone is 4. The Balaban J connectivity index is 2.12. The van der Waals surface area contributed by atoms with Crippen molar-refractivity contribution in [3.8, 4) is 0 Å². The summed E-state index contributed by atoms with van der Waals surface area (Å²) >= 11 is 0.855. The Bertz CT molecular complexity index is 973. The van der Waals surface area contributed by atoms with Gasteiger partial charge in [-0.25, -0.2) is 4.79 Å². The van der Waals surface area contributed by atoms with Gasteiger partial charge in [-0.2, -0.15) is 0 Å². The van der Waals surface area contributed by atoms with Crippen LogP contribution in [-0.2, 0) is 19.2 Å². The van der Waals surface area contributed by atoms with Crippen molar-refractivity contribution in [2.24, 2.45) is 29.1 Å². The number of Topliss-reactive ketones (excluding diaryl/α,β-unsaturated/α-hetero) is 2. The number of ketones is 2. The molecular formula is C27H39NO7S. The number of rotatable bonds is 6. The first-order valence-corrected chi connectivity index (χ1v) is 13.8. The molecule has 0 radical (unpaired) electrons. The molecule has 3 aliphatic rings. The number of amides is 1. The largest absolute Gasteiger partial charge is 0.479 e. The molecule has 1 heterocycles. The number of aliphatic hydroxyl groups excluding tert-OH is 2. The lowest BCUT2D eigenvalue weighted by Gasteiger charge is -2.45. The molecule has 3 rings (SSSR count). The second kappa shape index (κ2) is 11.2. The summed E-state index contributed by atoms with van der Waals surface area (Å²) in [5, 5.41) is 31.5. The van der Waals surface area contributed by atoms with Gasteiger partial charge < -0.3 is 20.6 Å². The highest BCUT2D eigenvalue weighted by atomic mass is 32.2. The maximum Gasteiger partial charge on any atom is 0.333 e. The summed E-state index contributed by atoms with van der Waals surface area (Å²) in [5.74, 6) is -3.51. The summed E-state index contributed by atoms with van der Waals surface area (Å²) in [4.78, 5) is 52.4. The van der Waals surface area contributed by atoms with Crippen LogP contribution < -0.4 is 5.32 Å². The molecule has 8 unspecified atom stereocenters. The molecule has 8 nitrogen and oxygen atoms in total. The van der Waals surface area contributed by atoms with E-state index >= 15 is 0 Å². The van der Waals surface area contributed by atoms with Crippen LogP contribution in [0.15, 0.2) is 23.3 Å². The molecule has 0 bridgehead atoms. The second-order valence-electron chi connectivity index (χ2n) is 11.1. The normalized spacial score (nSPS) is 36.3. The van der Waals surface area contributed by atoms with Gasteiger partial charge in [0.15, 0.2) is 17.7 Å². The van der Waals surface area contributed by atoms with Crippen LogP contribution in [-0.4, -0.2) is 68.0 Å². The minimum Gasteiger partial charge on any atom is -0.479 e. The molecular weight excluding hydrogens is 482 g/mol. The zero-order valence-corrected chi connectivity index (χ0v) is 22.5. The summed E-state index contributed by atoms with van der Waals surface area (Å²) < 4.78 is 0. The molecule has 0 aromatic carbocycles. The van der Waals surface area contributed by atoms with E-state index in [1.807, 2.05) is 32.9 Å². The van der Waals surface area contributed by atoms with Crippen LogP contribution in [0.4, 0.5) is 0 Å². The summed E-state index contributed by atoms with van der Waals surface area (Å²) in [5.41, 5.74) is 0.618. The van der Waals surface area contributed by atoms with Crippen molar-refractivity contribution in [2.45, 2.75) is 83.8 Å². The molecule has 1 aliphatic heterocycles. The molecule has 0 saturated carbocycles. The first-order chi connectivity index (χ1) is 16.8. The SMILES string of the molecule is CC1=CC2C=C(C)C(C)C3C(CC(C)C)NC(=O)C23C(=O)CC(SCC(O)C(=O)O)C(=O)C(O)CC1. The van der Waals surface area contributed by atoms with Gasteiger partial charge in [-0.1, -0.05) is 44.1 Å². The van der Waals surface area contributed by atoms with Gasteiger partial charge >= 0.3 is 5.97 Å².